The summed E-state index contributed by atoms with van der Waals surface area (Å²) < 4.78 is 13.1. The smallest absolute Gasteiger partial charge is 0.156 e. The van der Waals surface area contributed by atoms with Crippen LogP contribution in [0.15, 0.2) is 36.4 Å². The van der Waals surface area contributed by atoms with E-state index in [2.05, 4.69) is 30.4 Å². The fourth-order valence-corrected chi connectivity index (χ4v) is 3.21. The van der Waals surface area contributed by atoms with Crippen LogP contribution in [-0.4, -0.2) is 44.5 Å². The first-order chi connectivity index (χ1) is 14.0. The molecule has 1 fully saturated rings. The Morgan fingerprint density at radius 1 is 1.10 bits per heavy atom. The minimum Gasteiger partial charge on any atom is -0.393 e. The molecule has 0 atom stereocenters. The molecule has 1 aliphatic heterocycles. The van der Waals surface area contributed by atoms with Gasteiger partial charge < -0.3 is 15.3 Å². The number of benzene rings is 1. The molecule has 3 aromatic rings. The van der Waals surface area contributed by atoms with Gasteiger partial charge in [0.1, 0.15) is 17.5 Å². The lowest BCUT2D eigenvalue weighted by molar-refractivity contribution is 0.145. The molecule has 1 aromatic carbocycles. The lowest BCUT2D eigenvalue weighted by atomic mass is 10.1. The topological polar surface area (TPSA) is 90.0 Å². The number of aromatic amines is 1. The highest BCUT2D eigenvalue weighted by atomic mass is 19.1. The minimum atomic E-state index is -0.270. The number of aromatic nitrogens is 4. The van der Waals surface area contributed by atoms with Crippen molar-refractivity contribution in [1.82, 2.24) is 20.2 Å². The van der Waals surface area contributed by atoms with Gasteiger partial charge in [-0.1, -0.05) is 18.2 Å². The van der Waals surface area contributed by atoms with E-state index >= 15 is 0 Å². The maximum absolute atomic E-state index is 13.1. The Morgan fingerprint density at radius 2 is 1.86 bits per heavy atom. The Morgan fingerprint density at radius 3 is 2.55 bits per heavy atom. The van der Waals surface area contributed by atoms with E-state index in [-0.39, 0.29) is 11.9 Å². The molecular formula is C21H23FN6O. The highest BCUT2D eigenvalue weighted by molar-refractivity contribution is 5.69. The van der Waals surface area contributed by atoms with Crippen LogP contribution in [0.4, 0.5) is 21.8 Å². The maximum atomic E-state index is 13.1. The normalized spacial score (nSPS) is 15.2. The predicted molar refractivity (Wildman–Crippen MR) is 111 cm³/mol. The molecule has 3 heterocycles. The number of nitrogens with one attached hydrogen (secondary N) is 2. The Labute approximate surface area is 168 Å². The van der Waals surface area contributed by atoms with E-state index in [9.17, 15) is 9.50 Å². The van der Waals surface area contributed by atoms with Crippen molar-refractivity contribution in [2.45, 2.75) is 25.9 Å². The van der Waals surface area contributed by atoms with Crippen LogP contribution in [0, 0.1) is 12.7 Å². The number of nitrogens with zero attached hydrogens (tertiary/aromatic N) is 4. The van der Waals surface area contributed by atoms with Gasteiger partial charge in [0.2, 0.25) is 0 Å². The monoisotopic (exact) mass is 394 g/mol. The van der Waals surface area contributed by atoms with Gasteiger partial charge >= 0.3 is 0 Å². The summed E-state index contributed by atoms with van der Waals surface area (Å²) in [6, 6.07) is 10.0. The standard InChI is InChI=1S/C21H23FN6O/c1-14-12-20(27-26-14)24-19-13-21(28-10-8-17(29)9-11-28)25-18(23-19)7-4-15-2-5-16(22)6-3-15/h2-7,12-13,17,29H,8-11H2,1H3,(H2,23,24,25,26,27). The SMILES string of the molecule is Cc1cc(Nc2cc(N3CCC(O)CC3)nc(C=Cc3ccc(F)cc3)n2)n[nH]1. The lowest BCUT2D eigenvalue weighted by Gasteiger charge is -2.30. The number of hydrogen-bond acceptors (Lipinski definition) is 6. The van der Waals surface area contributed by atoms with Crippen LogP contribution in [0.3, 0.4) is 0 Å². The van der Waals surface area contributed by atoms with Gasteiger partial charge in [0, 0.05) is 30.9 Å². The first-order valence-corrected chi connectivity index (χ1v) is 9.60. The van der Waals surface area contributed by atoms with E-state index < -0.39 is 0 Å². The fourth-order valence-electron chi connectivity index (χ4n) is 3.21. The predicted octanol–water partition coefficient (Wildman–Crippen LogP) is 3.52. The molecule has 1 saturated heterocycles. The number of aliphatic hydroxyl groups excluding tert-OH is 1. The van der Waals surface area contributed by atoms with Crippen molar-refractivity contribution in [2.24, 2.45) is 0 Å². The molecule has 7 nitrogen and oxygen atoms in total. The number of rotatable bonds is 5. The second-order valence-corrected chi connectivity index (χ2v) is 7.13. The molecule has 0 spiro atoms. The molecule has 0 unspecified atom stereocenters. The van der Waals surface area contributed by atoms with Crippen LogP contribution in [-0.2, 0) is 0 Å². The highest BCUT2D eigenvalue weighted by Gasteiger charge is 2.19. The van der Waals surface area contributed by atoms with E-state index in [0.29, 0.717) is 30.3 Å². The Hall–Kier alpha value is -3.26. The number of piperidine rings is 1. The number of anilines is 3. The Balaban J connectivity index is 1.62. The molecule has 2 aromatic heterocycles. The summed E-state index contributed by atoms with van der Waals surface area (Å²) in [6.07, 6.45) is 4.82. The van der Waals surface area contributed by atoms with Gasteiger partial charge in [-0.25, -0.2) is 14.4 Å². The average molecular weight is 394 g/mol. The molecule has 150 valence electrons. The van der Waals surface area contributed by atoms with Gasteiger partial charge in [-0.2, -0.15) is 5.10 Å². The molecule has 0 saturated carbocycles. The number of hydrogen-bond donors (Lipinski definition) is 3. The van der Waals surface area contributed by atoms with Crippen LogP contribution < -0.4 is 10.2 Å². The number of halogens is 1. The van der Waals surface area contributed by atoms with E-state index in [0.717, 1.165) is 30.2 Å². The zero-order valence-corrected chi connectivity index (χ0v) is 16.1. The van der Waals surface area contributed by atoms with Crippen molar-refractivity contribution in [3.05, 3.63) is 59.3 Å². The molecule has 8 heteroatoms. The molecule has 4 rings (SSSR count). The number of aliphatic hydroxyl groups is 1. The average Bonchev–Trinajstić information content (AvgIpc) is 3.12. The second-order valence-electron chi connectivity index (χ2n) is 7.13. The number of aryl methyl sites for hydroxylation is 1. The first-order valence-electron chi connectivity index (χ1n) is 9.60. The summed E-state index contributed by atoms with van der Waals surface area (Å²) >= 11 is 0. The molecule has 0 bridgehead atoms. The van der Waals surface area contributed by atoms with Crippen molar-refractivity contribution >= 4 is 29.6 Å². The van der Waals surface area contributed by atoms with Gasteiger partial charge in [-0.15, -0.1) is 0 Å². The summed E-state index contributed by atoms with van der Waals surface area (Å²) in [5.41, 5.74) is 1.81. The van der Waals surface area contributed by atoms with Gasteiger partial charge in [0.25, 0.3) is 0 Å². The number of H-pyrrole nitrogens is 1. The largest absolute Gasteiger partial charge is 0.393 e. The van der Waals surface area contributed by atoms with Crippen LogP contribution in [0.5, 0.6) is 0 Å². The quantitative estimate of drug-likeness (QED) is 0.613. The van der Waals surface area contributed by atoms with E-state index in [1.54, 1.807) is 18.2 Å². The molecule has 0 aliphatic carbocycles. The molecule has 0 amide bonds. The molecule has 1 aliphatic rings. The van der Waals surface area contributed by atoms with Crippen molar-refractivity contribution in [3.63, 3.8) is 0 Å². The van der Waals surface area contributed by atoms with Crippen molar-refractivity contribution in [3.8, 4) is 0 Å². The summed E-state index contributed by atoms with van der Waals surface area (Å²) in [5.74, 6) is 2.36. The Kier molecular flexibility index (Phi) is 5.53. The van der Waals surface area contributed by atoms with Gasteiger partial charge in [0.15, 0.2) is 11.6 Å². The summed E-state index contributed by atoms with van der Waals surface area (Å²) in [4.78, 5) is 11.4. The Bertz CT molecular complexity index is 993. The van der Waals surface area contributed by atoms with Crippen LogP contribution in [0.2, 0.25) is 0 Å². The van der Waals surface area contributed by atoms with E-state index in [1.807, 2.05) is 25.1 Å². The van der Waals surface area contributed by atoms with Crippen LogP contribution in [0.1, 0.15) is 29.9 Å². The highest BCUT2D eigenvalue weighted by Crippen LogP contribution is 2.23. The van der Waals surface area contributed by atoms with Gasteiger partial charge in [0.05, 0.1) is 6.10 Å². The molecule has 29 heavy (non-hydrogen) atoms. The first kappa shape index (κ1) is 19.1. The fraction of sp³-hybridized carbons (Fsp3) is 0.286. The summed E-state index contributed by atoms with van der Waals surface area (Å²) in [7, 11) is 0. The minimum absolute atomic E-state index is 0.254. The molecule has 0 radical (unpaired) electrons. The molecular weight excluding hydrogens is 371 g/mol. The van der Waals surface area contributed by atoms with Crippen molar-refractivity contribution < 1.29 is 9.50 Å². The lowest BCUT2D eigenvalue weighted by Crippen LogP contribution is -2.36. The van der Waals surface area contributed by atoms with Gasteiger partial charge in [-0.3, -0.25) is 5.10 Å². The van der Waals surface area contributed by atoms with E-state index in [4.69, 9.17) is 0 Å². The zero-order valence-electron chi connectivity index (χ0n) is 16.1. The van der Waals surface area contributed by atoms with Crippen molar-refractivity contribution in [2.75, 3.05) is 23.3 Å². The molecule has 3 N–H and O–H groups in total. The van der Waals surface area contributed by atoms with Crippen molar-refractivity contribution in [1.29, 1.82) is 0 Å². The third kappa shape index (κ3) is 4.97. The van der Waals surface area contributed by atoms with Crippen LogP contribution in [0.25, 0.3) is 12.2 Å². The third-order valence-corrected chi connectivity index (χ3v) is 4.78. The summed E-state index contributed by atoms with van der Waals surface area (Å²) in [5, 5.41) is 20.1. The van der Waals surface area contributed by atoms with Crippen LogP contribution >= 0.6 is 0 Å². The van der Waals surface area contributed by atoms with E-state index in [1.165, 1.54) is 12.1 Å². The maximum Gasteiger partial charge on any atom is 0.156 e. The van der Waals surface area contributed by atoms with Gasteiger partial charge in [-0.05, 0) is 43.5 Å². The summed E-state index contributed by atoms with van der Waals surface area (Å²) in [6.45, 7) is 3.40. The second kappa shape index (κ2) is 8.40. The zero-order chi connectivity index (χ0) is 20.2. The third-order valence-electron chi connectivity index (χ3n) is 4.78.